The molecule has 2 N–H and O–H groups in total. The van der Waals surface area contributed by atoms with Crippen molar-refractivity contribution in [1.82, 2.24) is 5.32 Å². The third kappa shape index (κ3) is 6.46. The highest BCUT2D eigenvalue weighted by Gasteiger charge is 2.38. The maximum atomic E-state index is 12.1. The normalized spacial score (nSPS) is 10.9. The van der Waals surface area contributed by atoms with Crippen molar-refractivity contribution in [3.63, 3.8) is 0 Å². The fourth-order valence-corrected chi connectivity index (χ4v) is 1.99. The Morgan fingerprint density at radius 2 is 1.62 bits per heavy atom. The molecule has 26 heavy (non-hydrogen) atoms. The van der Waals surface area contributed by atoms with Gasteiger partial charge in [-0.05, 0) is 29.8 Å². The monoisotopic (exact) mass is 366 g/mol. The van der Waals surface area contributed by atoms with Crippen LogP contribution in [-0.2, 0) is 16.1 Å². The summed E-state index contributed by atoms with van der Waals surface area (Å²) in [7, 11) is 0. The molecule has 8 heteroatoms. The van der Waals surface area contributed by atoms with Crippen molar-refractivity contribution in [2.24, 2.45) is 0 Å². The highest BCUT2D eigenvalue weighted by molar-refractivity contribution is 5.90. The van der Waals surface area contributed by atoms with Crippen LogP contribution < -0.4 is 15.4 Å². The molecule has 0 bridgehead atoms. The van der Waals surface area contributed by atoms with E-state index in [9.17, 15) is 22.8 Å². The van der Waals surface area contributed by atoms with E-state index in [0.717, 1.165) is 0 Å². The van der Waals surface area contributed by atoms with Crippen LogP contribution in [0.3, 0.4) is 0 Å². The number of amides is 2. The first kappa shape index (κ1) is 19.3. The molecule has 0 unspecified atom stereocenters. The number of nitrogens with one attached hydrogen (secondary N) is 2. The molecule has 2 amide bonds. The van der Waals surface area contributed by atoms with Crippen LogP contribution in [0.15, 0.2) is 54.6 Å². The van der Waals surface area contributed by atoms with Gasteiger partial charge in [-0.3, -0.25) is 9.59 Å². The molecular formula is C18H17F3N2O3. The zero-order valence-corrected chi connectivity index (χ0v) is 13.7. The molecule has 0 aliphatic rings. The second-order valence-corrected chi connectivity index (χ2v) is 5.34. The van der Waals surface area contributed by atoms with Crippen LogP contribution in [0, 0.1) is 0 Å². The number of ether oxygens (including phenoxy) is 1. The van der Waals surface area contributed by atoms with Crippen molar-refractivity contribution in [3.8, 4) is 5.75 Å². The number of anilines is 1. The summed E-state index contributed by atoms with van der Waals surface area (Å²) in [5.74, 6) is -1.57. The summed E-state index contributed by atoms with van der Waals surface area (Å²) < 4.78 is 41.7. The van der Waals surface area contributed by atoms with E-state index in [0.29, 0.717) is 17.0 Å². The molecule has 0 atom stereocenters. The molecule has 2 rings (SSSR count). The molecule has 0 radical (unpaired) electrons. The number of halogens is 3. The van der Waals surface area contributed by atoms with E-state index in [1.165, 1.54) is 12.1 Å². The number of benzene rings is 2. The molecule has 138 valence electrons. The Labute approximate surface area is 148 Å². The smallest absolute Gasteiger partial charge is 0.471 e. The third-order valence-electron chi connectivity index (χ3n) is 3.29. The first-order valence-corrected chi connectivity index (χ1v) is 7.76. The predicted octanol–water partition coefficient (Wildman–Crippen LogP) is 3.27. The number of hydrogen-bond donors (Lipinski definition) is 2. The molecule has 0 spiro atoms. The average Bonchev–Trinajstić information content (AvgIpc) is 2.61. The minimum Gasteiger partial charge on any atom is -0.493 e. The molecule has 0 aliphatic heterocycles. The van der Waals surface area contributed by atoms with Gasteiger partial charge in [-0.2, -0.15) is 13.2 Å². The van der Waals surface area contributed by atoms with Crippen LogP contribution in [0.2, 0.25) is 0 Å². The zero-order valence-electron chi connectivity index (χ0n) is 13.7. The van der Waals surface area contributed by atoms with Gasteiger partial charge in [0.25, 0.3) is 0 Å². The molecule has 5 nitrogen and oxygen atoms in total. The maximum absolute atomic E-state index is 12.1. The first-order chi connectivity index (χ1) is 12.3. The molecule has 0 aliphatic carbocycles. The van der Waals surface area contributed by atoms with Gasteiger partial charge in [-0.1, -0.05) is 30.3 Å². The van der Waals surface area contributed by atoms with Crippen molar-refractivity contribution in [3.05, 3.63) is 60.2 Å². The molecule has 2 aromatic rings. The maximum Gasteiger partial charge on any atom is 0.471 e. The van der Waals surface area contributed by atoms with E-state index >= 15 is 0 Å². The van der Waals surface area contributed by atoms with Crippen LogP contribution in [0.1, 0.15) is 12.0 Å². The molecule has 2 aromatic carbocycles. The average molecular weight is 366 g/mol. The molecule has 0 saturated heterocycles. The van der Waals surface area contributed by atoms with Gasteiger partial charge in [0.2, 0.25) is 5.91 Å². The van der Waals surface area contributed by atoms with E-state index in [1.807, 2.05) is 18.2 Å². The quantitative estimate of drug-likeness (QED) is 0.790. The van der Waals surface area contributed by atoms with Crippen LogP contribution in [0.5, 0.6) is 5.75 Å². The van der Waals surface area contributed by atoms with Crippen molar-refractivity contribution >= 4 is 17.5 Å². The number of carbonyl (C=O) groups excluding carboxylic acids is 2. The SMILES string of the molecule is O=C(CCOc1ccccc1)Nc1ccc(CNC(=O)C(F)(F)F)cc1. The second-order valence-electron chi connectivity index (χ2n) is 5.34. The van der Waals surface area contributed by atoms with E-state index in [4.69, 9.17) is 4.74 Å². The topological polar surface area (TPSA) is 67.4 Å². The van der Waals surface area contributed by atoms with Crippen LogP contribution in [-0.4, -0.2) is 24.6 Å². The molecular weight excluding hydrogens is 349 g/mol. The predicted molar refractivity (Wildman–Crippen MR) is 89.5 cm³/mol. The van der Waals surface area contributed by atoms with Crippen molar-refractivity contribution < 1.29 is 27.5 Å². The van der Waals surface area contributed by atoms with Crippen molar-refractivity contribution in [2.75, 3.05) is 11.9 Å². The van der Waals surface area contributed by atoms with Gasteiger partial charge >= 0.3 is 12.1 Å². The number of hydrogen-bond acceptors (Lipinski definition) is 3. The Kier molecular flexibility index (Phi) is 6.60. The van der Waals surface area contributed by atoms with Crippen LogP contribution in [0.25, 0.3) is 0 Å². The number of para-hydroxylation sites is 1. The van der Waals surface area contributed by atoms with Crippen LogP contribution >= 0.6 is 0 Å². The standard InChI is InChI=1S/C18H17F3N2O3/c19-18(20,21)17(25)22-12-13-6-8-14(9-7-13)23-16(24)10-11-26-15-4-2-1-3-5-15/h1-9H,10-12H2,(H,22,25)(H,23,24). The largest absolute Gasteiger partial charge is 0.493 e. The Hall–Kier alpha value is -3.03. The molecule has 0 heterocycles. The number of carbonyl (C=O) groups is 2. The van der Waals surface area contributed by atoms with Gasteiger partial charge in [0, 0.05) is 12.2 Å². The van der Waals surface area contributed by atoms with Gasteiger partial charge in [0.1, 0.15) is 5.75 Å². The van der Waals surface area contributed by atoms with Crippen molar-refractivity contribution in [2.45, 2.75) is 19.1 Å². The number of alkyl halides is 3. The summed E-state index contributed by atoms with van der Waals surface area (Å²) in [5.41, 5.74) is 0.980. The van der Waals surface area contributed by atoms with E-state index in [2.05, 4.69) is 5.32 Å². The lowest BCUT2D eigenvalue weighted by atomic mass is 10.2. The Bertz CT molecular complexity index is 732. The molecule has 0 aromatic heterocycles. The minimum absolute atomic E-state index is 0.151. The second kappa shape index (κ2) is 8.89. The Morgan fingerprint density at radius 3 is 2.23 bits per heavy atom. The van der Waals surface area contributed by atoms with E-state index < -0.39 is 12.1 Å². The Balaban J connectivity index is 1.74. The Morgan fingerprint density at radius 1 is 0.962 bits per heavy atom. The summed E-state index contributed by atoms with van der Waals surface area (Å²) in [4.78, 5) is 22.6. The van der Waals surface area contributed by atoms with Gasteiger partial charge < -0.3 is 15.4 Å². The summed E-state index contributed by atoms with van der Waals surface area (Å²) in [6.07, 6.45) is -4.76. The summed E-state index contributed by atoms with van der Waals surface area (Å²) in [6, 6.07) is 15.2. The highest BCUT2D eigenvalue weighted by Crippen LogP contribution is 2.15. The van der Waals surface area contributed by atoms with E-state index in [1.54, 1.807) is 29.6 Å². The highest BCUT2D eigenvalue weighted by atomic mass is 19.4. The minimum atomic E-state index is -4.91. The van der Waals surface area contributed by atoms with Gasteiger partial charge in [-0.25, -0.2) is 0 Å². The lowest BCUT2D eigenvalue weighted by Gasteiger charge is -2.09. The van der Waals surface area contributed by atoms with E-state index in [-0.39, 0.29) is 25.5 Å². The summed E-state index contributed by atoms with van der Waals surface area (Å²) in [6.45, 7) is -0.0328. The van der Waals surface area contributed by atoms with Crippen LogP contribution in [0.4, 0.5) is 18.9 Å². The molecule has 0 saturated carbocycles. The summed E-state index contributed by atoms with van der Waals surface area (Å²) in [5, 5.41) is 4.43. The van der Waals surface area contributed by atoms with Crippen molar-refractivity contribution in [1.29, 1.82) is 0 Å². The van der Waals surface area contributed by atoms with Gasteiger partial charge in [0.15, 0.2) is 0 Å². The lowest BCUT2D eigenvalue weighted by molar-refractivity contribution is -0.173. The summed E-state index contributed by atoms with van der Waals surface area (Å²) >= 11 is 0. The van der Waals surface area contributed by atoms with Gasteiger partial charge in [0.05, 0.1) is 13.0 Å². The fourth-order valence-electron chi connectivity index (χ4n) is 1.99. The number of rotatable bonds is 7. The zero-order chi connectivity index (χ0) is 19.0. The first-order valence-electron chi connectivity index (χ1n) is 7.76. The fraction of sp³-hybridized carbons (Fsp3) is 0.222. The lowest BCUT2D eigenvalue weighted by Crippen LogP contribution is -2.36. The third-order valence-corrected chi connectivity index (χ3v) is 3.29. The van der Waals surface area contributed by atoms with Gasteiger partial charge in [-0.15, -0.1) is 0 Å². The molecule has 0 fully saturated rings.